The van der Waals surface area contributed by atoms with Crippen LogP contribution in [0.2, 0.25) is 5.02 Å². The number of amides is 3. The van der Waals surface area contributed by atoms with Crippen LogP contribution in [0.25, 0.3) is 10.1 Å². The quantitative estimate of drug-likeness (QED) is 0.337. The van der Waals surface area contributed by atoms with Crippen LogP contribution >= 0.6 is 35.2 Å². The molecule has 7 nitrogen and oxygen atoms in total. The maximum Gasteiger partial charge on any atom is 0.269 e. The van der Waals surface area contributed by atoms with E-state index in [9.17, 15) is 14.4 Å². The van der Waals surface area contributed by atoms with E-state index in [1.807, 2.05) is 24.3 Å². The molecule has 0 spiro atoms. The van der Waals surface area contributed by atoms with Gasteiger partial charge in [0.1, 0.15) is 4.88 Å². The molecule has 0 atom stereocenters. The average molecular weight is 475 g/mol. The fourth-order valence-corrected chi connectivity index (χ4v) is 4.08. The molecule has 0 saturated heterocycles. The van der Waals surface area contributed by atoms with Crippen molar-refractivity contribution in [2.45, 2.75) is 13.8 Å². The van der Waals surface area contributed by atoms with Crippen LogP contribution in [0.5, 0.6) is 0 Å². The van der Waals surface area contributed by atoms with Crippen molar-refractivity contribution in [3.8, 4) is 0 Å². The van der Waals surface area contributed by atoms with Gasteiger partial charge in [-0.2, -0.15) is 0 Å². The molecule has 0 aliphatic rings. The summed E-state index contributed by atoms with van der Waals surface area (Å²) in [6.45, 7) is 3.58. The number of hydrogen-bond acceptors (Lipinski definition) is 5. The Morgan fingerprint density at radius 3 is 2.29 bits per heavy atom. The summed E-state index contributed by atoms with van der Waals surface area (Å²) >= 11 is 12.6. The Balaban J connectivity index is 1.54. The largest absolute Gasteiger partial charge is 0.326 e. The maximum absolute atomic E-state index is 12.5. The van der Waals surface area contributed by atoms with E-state index >= 15 is 0 Å². The highest BCUT2D eigenvalue weighted by molar-refractivity contribution is 7.80. The first-order chi connectivity index (χ1) is 14.8. The van der Waals surface area contributed by atoms with E-state index < -0.39 is 11.8 Å². The van der Waals surface area contributed by atoms with Gasteiger partial charge in [-0.25, -0.2) is 0 Å². The number of thiophene rings is 1. The number of halogens is 1. The maximum atomic E-state index is 12.5. The van der Waals surface area contributed by atoms with Crippen LogP contribution in [0.15, 0.2) is 48.5 Å². The van der Waals surface area contributed by atoms with E-state index in [0.717, 1.165) is 10.1 Å². The highest BCUT2D eigenvalue weighted by Gasteiger charge is 2.18. The van der Waals surface area contributed by atoms with Gasteiger partial charge in [-0.05, 0) is 42.5 Å². The molecule has 4 N–H and O–H groups in total. The van der Waals surface area contributed by atoms with Crippen molar-refractivity contribution in [2.24, 2.45) is 5.92 Å². The summed E-state index contributed by atoms with van der Waals surface area (Å²) in [5.74, 6) is -1.19. The van der Waals surface area contributed by atoms with Crippen molar-refractivity contribution < 1.29 is 14.4 Å². The number of fused-ring (bicyclic) bond motifs is 1. The summed E-state index contributed by atoms with van der Waals surface area (Å²) in [5.41, 5.74) is 5.84. The van der Waals surface area contributed by atoms with Gasteiger partial charge in [-0.15, -0.1) is 11.3 Å². The number of hydrazine groups is 1. The van der Waals surface area contributed by atoms with Gasteiger partial charge < -0.3 is 5.32 Å². The molecule has 31 heavy (non-hydrogen) atoms. The Morgan fingerprint density at radius 2 is 1.65 bits per heavy atom. The molecule has 1 heterocycles. The molecule has 160 valence electrons. The van der Waals surface area contributed by atoms with E-state index in [4.69, 9.17) is 23.8 Å². The number of hydrogen-bond donors (Lipinski definition) is 4. The predicted octanol–water partition coefficient (Wildman–Crippen LogP) is 4.10. The number of nitrogens with one attached hydrogen (secondary N) is 4. The monoisotopic (exact) mass is 474 g/mol. The number of carbonyl (C=O) groups excluding carboxylic acids is 3. The summed E-state index contributed by atoms with van der Waals surface area (Å²) in [4.78, 5) is 36.8. The van der Waals surface area contributed by atoms with Crippen LogP contribution in [0.4, 0.5) is 5.69 Å². The zero-order valence-electron chi connectivity index (χ0n) is 16.6. The van der Waals surface area contributed by atoms with E-state index in [1.54, 1.807) is 38.1 Å². The van der Waals surface area contributed by atoms with E-state index in [2.05, 4.69) is 21.5 Å². The van der Waals surface area contributed by atoms with Gasteiger partial charge >= 0.3 is 0 Å². The minimum Gasteiger partial charge on any atom is -0.326 e. The first kappa shape index (κ1) is 22.7. The summed E-state index contributed by atoms with van der Waals surface area (Å²) in [6.07, 6.45) is 0. The third-order valence-electron chi connectivity index (χ3n) is 4.20. The first-order valence-corrected chi connectivity index (χ1v) is 10.9. The Kier molecular flexibility index (Phi) is 7.21. The molecule has 1 aromatic heterocycles. The summed E-state index contributed by atoms with van der Waals surface area (Å²) < 4.78 is 0.887. The predicted molar refractivity (Wildman–Crippen MR) is 127 cm³/mol. The zero-order chi connectivity index (χ0) is 22.5. The van der Waals surface area contributed by atoms with Gasteiger partial charge in [0.15, 0.2) is 5.11 Å². The lowest BCUT2D eigenvalue weighted by molar-refractivity contribution is -0.118. The highest BCUT2D eigenvalue weighted by Crippen LogP contribution is 2.34. The molecule has 2 aromatic carbocycles. The minimum absolute atomic E-state index is 0.0762. The molecule has 0 aliphatic heterocycles. The third-order valence-corrected chi connectivity index (χ3v) is 6.08. The molecule has 0 bridgehead atoms. The second kappa shape index (κ2) is 9.86. The fraction of sp³-hybridized carbons (Fsp3) is 0.143. The number of rotatable bonds is 4. The molecule has 3 rings (SSSR count). The van der Waals surface area contributed by atoms with E-state index in [-0.39, 0.29) is 16.9 Å². The van der Waals surface area contributed by atoms with Gasteiger partial charge in [0.2, 0.25) is 5.91 Å². The fourth-order valence-electron chi connectivity index (χ4n) is 2.53. The lowest BCUT2D eigenvalue weighted by Gasteiger charge is -2.11. The summed E-state index contributed by atoms with van der Waals surface area (Å²) in [6, 6.07) is 13.8. The molecular formula is C21H19ClN4O3S2. The molecule has 0 aliphatic carbocycles. The molecule has 3 amide bonds. The van der Waals surface area contributed by atoms with E-state index in [0.29, 0.717) is 21.2 Å². The Labute approximate surface area is 193 Å². The van der Waals surface area contributed by atoms with Crippen LogP contribution in [-0.4, -0.2) is 22.8 Å². The third kappa shape index (κ3) is 5.57. The zero-order valence-corrected chi connectivity index (χ0v) is 19.0. The van der Waals surface area contributed by atoms with Crippen molar-refractivity contribution in [3.63, 3.8) is 0 Å². The SMILES string of the molecule is CC(C)C(=O)Nc1ccc(C(=O)NNC(=S)NC(=O)c2sc3ccccc3c2Cl)cc1. The Bertz CT molecular complexity index is 1160. The molecule has 0 unspecified atom stereocenters. The van der Waals surface area contributed by atoms with Gasteiger partial charge in [-0.3, -0.25) is 30.6 Å². The topological polar surface area (TPSA) is 99.3 Å². The van der Waals surface area contributed by atoms with Crippen molar-refractivity contribution in [1.82, 2.24) is 16.2 Å². The average Bonchev–Trinajstić information content (AvgIpc) is 3.09. The molecule has 3 aromatic rings. The van der Waals surface area contributed by atoms with E-state index in [1.165, 1.54) is 11.3 Å². The van der Waals surface area contributed by atoms with Crippen LogP contribution in [0.1, 0.15) is 33.9 Å². The lowest BCUT2D eigenvalue weighted by Crippen LogP contribution is -2.48. The van der Waals surface area contributed by atoms with Crippen molar-refractivity contribution in [1.29, 1.82) is 0 Å². The van der Waals surface area contributed by atoms with Crippen LogP contribution in [-0.2, 0) is 4.79 Å². The number of anilines is 1. The lowest BCUT2D eigenvalue weighted by atomic mass is 10.1. The number of carbonyl (C=O) groups is 3. The molecule has 10 heteroatoms. The number of benzene rings is 2. The van der Waals surface area contributed by atoms with Crippen LogP contribution in [0.3, 0.4) is 0 Å². The Hall–Kier alpha value is -3.01. The second-order valence-corrected chi connectivity index (χ2v) is 8.66. The summed E-state index contributed by atoms with van der Waals surface area (Å²) in [5, 5.41) is 6.31. The van der Waals surface area contributed by atoms with Gasteiger partial charge in [0.05, 0.1) is 5.02 Å². The Morgan fingerprint density at radius 1 is 0.968 bits per heavy atom. The second-order valence-electron chi connectivity index (χ2n) is 6.83. The van der Waals surface area contributed by atoms with Gasteiger partial charge in [0.25, 0.3) is 11.8 Å². The standard InChI is InChI=1S/C21H19ClN4O3S2/c1-11(2)18(27)23-13-9-7-12(8-10-13)19(28)25-26-21(30)24-20(29)17-16(22)14-5-3-4-6-15(14)31-17/h3-11H,1-2H3,(H,23,27)(H,25,28)(H2,24,26,29,30). The molecule has 0 saturated carbocycles. The first-order valence-electron chi connectivity index (χ1n) is 9.26. The normalized spacial score (nSPS) is 10.6. The minimum atomic E-state index is -0.469. The van der Waals surface area contributed by atoms with Crippen LogP contribution < -0.4 is 21.5 Å². The molecular weight excluding hydrogens is 456 g/mol. The van der Waals surface area contributed by atoms with Crippen LogP contribution in [0, 0.1) is 5.92 Å². The highest BCUT2D eigenvalue weighted by atomic mass is 35.5. The number of thiocarbonyl (C=S) groups is 1. The molecule has 0 fully saturated rings. The summed E-state index contributed by atoms with van der Waals surface area (Å²) in [7, 11) is 0. The smallest absolute Gasteiger partial charge is 0.269 e. The van der Waals surface area contributed by atoms with Gasteiger partial charge in [-0.1, -0.05) is 43.6 Å². The van der Waals surface area contributed by atoms with Gasteiger partial charge in [0, 0.05) is 27.3 Å². The van der Waals surface area contributed by atoms with Crippen molar-refractivity contribution >= 4 is 73.8 Å². The van der Waals surface area contributed by atoms with Crippen molar-refractivity contribution in [2.75, 3.05) is 5.32 Å². The van der Waals surface area contributed by atoms with Crippen molar-refractivity contribution in [3.05, 3.63) is 64.0 Å². The molecule has 0 radical (unpaired) electrons.